The lowest BCUT2D eigenvalue weighted by Gasteiger charge is -2.32. The molecule has 38 heavy (non-hydrogen) atoms. The number of hydrogen-bond acceptors (Lipinski definition) is 4. The van der Waals surface area contributed by atoms with E-state index < -0.39 is 28.5 Å². The molecule has 0 fully saturated rings. The number of benzene rings is 3. The predicted molar refractivity (Wildman–Crippen MR) is 152 cm³/mol. The number of hydrogen-bond donors (Lipinski definition) is 1. The first-order valence-electron chi connectivity index (χ1n) is 11.8. The molecule has 202 valence electrons. The fraction of sp³-hybridized carbons (Fsp3) is 0.259. The molecule has 0 heterocycles. The molecule has 7 nitrogen and oxygen atoms in total. The second kappa shape index (κ2) is 12.8. The number of rotatable bonds is 10. The number of anilines is 1. The summed E-state index contributed by atoms with van der Waals surface area (Å²) < 4.78 is 28.4. The van der Waals surface area contributed by atoms with Crippen molar-refractivity contribution in [2.75, 3.05) is 10.8 Å². The fourth-order valence-electron chi connectivity index (χ4n) is 3.66. The van der Waals surface area contributed by atoms with Gasteiger partial charge in [-0.15, -0.1) is 0 Å². The Morgan fingerprint density at radius 2 is 1.50 bits per heavy atom. The van der Waals surface area contributed by atoms with Crippen LogP contribution in [0, 0.1) is 0 Å². The number of nitrogens with one attached hydrogen (secondary N) is 1. The third-order valence-electron chi connectivity index (χ3n) is 5.67. The van der Waals surface area contributed by atoms with E-state index in [0.29, 0.717) is 5.02 Å². The Bertz CT molecular complexity index is 1380. The van der Waals surface area contributed by atoms with Crippen LogP contribution in [0.25, 0.3) is 0 Å². The SMILES string of the molecule is CC(C)NC(=O)C(C)N(Cc1ccc(Cl)cc1)C(=O)CN(c1ccc(Cl)c(Cl)c1)S(=O)(=O)c1ccccc1. The Kier molecular flexibility index (Phi) is 10.1. The highest BCUT2D eigenvalue weighted by atomic mass is 35.5. The molecule has 0 radical (unpaired) electrons. The van der Waals surface area contributed by atoms with Crippen molar-refractivity contribution >= 4 is 62.3 Å². The van der Waals surface area contributed by atoms with Crippen molar-refractivity contribution in [1.29, 1.82) is 0 Å². The summed E-state index contributed by atoms with van der Waals surface area (Å²) in [4.78, 5) is 28.1. The lowest BCUT2D eigenvalue weighted by molar-refractivity contribution is -0.139. The van der Waals surface area contributed by atoms with E-state index in [0.717, 1.165) is 9.87 Å². The van der Waals surface area contributed by atoms with Crippen LogP contribution < -0.4 is 9.62 Å². The zero-order chi connectivity index (χ0) is 28.0. The van der Waals surface area contributed by atoms with E-state index in [2.05, 4.69) is 5.32 Å². The van der Waals surface area contributed by atoms with Crippen LogP contribution in [0.4, 0.5) is 5.69 Å². The maximum Gasteiger partial charge on any atom is 0.264 e. The summed E-state index contributed by atoms with van der Waals surface area (Å²) in [5.74, 6) is -0.953. The van der Waals surface area contributed by atoms with Gasteiger partial charge < -0.3 is 10.2 Å². The Balaban J connectivity index is 2.04. The van der Waals surface area contributed by atoms with Crippen molar-refractivity contribution < 1.29 is 18.0 Å². The number of carbonyl (C=O) groups is 2. The van der Waals surface area contributed by atoms with Crippen LogP contribution in [0.2, 0.25) is 15.1 Å². The summed E-state index contributed by atoms with van der Waals surface area (Å²) in [7, 11) is -4.19. The van der Waals surface area contributed by atoms with Crippen molar-refractivity contribution in [2.45, 2.75) is 44.3 Å². The quantitative estimate of drug-likeness (QED) is 0.321. The Morgan fingerprint density at radius 3 is 2.08 bits per heavy atom. The molecule has 0 saturated carbocycles. The summed E-state index contributed by atoms with van der Waals surface area (Å²) in [6, 6.07) is 17.9. The Hall–Kier alpha value is -2.78. The molecule has 3 aromatic rings. The lowest BCUT2D eigenvalue weighted by Crippen LogP contribution is -2.52. The molecule has 1 N–H and O–H groups in total. The van der Waals surface area contributed by atoms with E-state index in [9.17, 15) is 18.0 Å². The summed E-state index contributed by atoms with van der Waals surface area (Å²) in [5, 5.41) is 3.70. The topological polar surface area (TPSA) is 86.8 Å². The molecule has 2 amide bonds. The van der Waals surface area contributed by atoms with Gasteiger partial charge in [-0.25, -0.2) is 8.42 Å². The van der Waals surface area contributed by atoms with Crippen molar-refractivity contribution in [3.63, 3.8) is 0 Å². The molecular formula is C27H28Cl3N3O4S. The maximum absolute atomic E-state index is 13.8. The molecule has 0 saturated heterocycles. The van der Waals surface area contributed by atoms with Gasteiger partial charge in [0, 0.05) is 17.6 Å². The average Bonchev–Trinajstić information content (AvgIpc) is 2.88. The minimum atomic E-state index is -4.19. The minimum Gasteiger partial charge on any atom is -0.352 e. The average molecular weight is 597 g/mol. The standard InChI is InChI=1S/C27H28Cl3N3O4S/c1-18(2)31-27(35)19(3)32(16-20-9-11-21(28)12-10-20)26(34)17-33(22-13-14-24(29)25(30)15-22)38(36,37)23-7-5-4-6-8-23/h4-15,18-19H,16-17H2,1-3H3,(H,31,35). The Morgan fingerprint density at radius 1 is 0.868 bits per heavy atom. The number of amides is 2. The number of nitrogens with zero attached hydrogens (tertiary/aromatic N) is 2. The summed E-state index contributed by atoms with van der Waals surface area (Å²) >= 11 is 18.3. The van der Waals surface area contributed by atoms with Crippen LogP contribution in [0.5, 0.6) is 0 Å². The van der Waals surface area contributed by atoms with Gasteiger partial charge in [-0.2, -0.15) is 0 Å². The van der Waals surface area contributed by atoms with Crippen molar-refractivity contribution in [3.8, 4) is 0 Å². The maximum atomic E-state index is 13.8. The van der Waals surface area contributed by atoms with E-state index in [1.807, 2.05) is 13.8 Å². The molecule has 0 bridgehead atoms. The van der Waals surface area contributed by atoms with Crippen LogP contribution in [0.15, 0.2) is 77.7 Å². The van der Waals surface area contributed by atoms with Crippen LogP contribution in [-0.4, -0.2) is 43.8 Å². The lowest BCUT2D eigenvalue weighted by atomic mass is 10.1. The molecule has 0 aliphatic carbocycles. The van der Waals surface area contributed by atoms with E-state index >= 15 is 0 Å². The molecular weight excluding hydrogens is 569 g/mol. The second-order valence-electron chi connectivity index (χ2n) is 8.91. The zero-order valence-corrected chi connectivity index (χ0v) is 24.2. The first kappa shape index (κ1) is 29.8. The predicted octanol–water partition coefficient (Wildman–Crippen LogP) is 5.78. The molecule has 0 aromatic heterocycles. The van der Waals surface area contributed by atoms with Gasteiger partial charge in [0.05, 0.1) is 20.6 Å². The van der Waals surface area contributed by atoms with E-state index in [1.165, 1.54) is 35.2 Å². The summed E-state index contributed by atoms with van der Waals surface area (Å²) in [6.45, 7) is 4.70. The van der Waals surface area contributed by atoms with E-state index in [-0.39, 0.29) is 39.1 Å². The third kappa shape index (κ3) is 7.41. The second-order valence-corrected chi connectivity index (χ2v) is 12.0. The highest BCUT2D eigenvalue weighted by molar-refractivity contribution is 7.92. The number of sulfonamides is 1. The van der Waals surface area contributed by atoms with Gasteiger partial charge in [0.2, 0.25) is 11.8 Å². The normalized spacial score (nSPS) is 12.2. The molecule has 11 heteroatoms. The fourth-order valence-corrected chi connectivity index (χ4v) is 5.51. The van der Waals surface area contributed by atoms with Crippen LogP contribution in [-0.2, 0) is 26.2 Å². The van der Waals surface area contributed by atoms with E-state index in [1.54, 1.807) is 49.4 Å². The highest BCUT2D eigenvalue weighted by Gasteiger charge is 2.32. The first-order valence-corrected chi connectivity index (χ1v) is 14.3. The van der Waals surface area contributed by atoms with Gasteiger partial charge >= 0.3 is 0 Å². The number of carbonyl (C=O) groups excluding carboxylic acids is 2. The minimum absolute atomic E-state index is 0.00581. The molecule has 1 atom stereocenters. The highest BCUT2D eigenvalue weighted by Crippen LogP contribution is 2.31. The third-order valence-corrected chi connectivity index (χ3v) is 8.44. The van der Waals surface area contributed by atoms with Gasteiger partial charge in [0.1, 0.15) is 12.6 Å². The molecule has 1 unspecified atom stereocenters. The van der Waals surface area contributed by atoms with Crippen molar-refractivity contribution in [1.82, 2.24) is 10.2 Å². The molecule has 0 aliphatic heterocycles. The van der Waals surface area contributed by atoms with Crippen LogP contribution >= 0.6 is 34.8 Å². The molecule has 3 aromatic carbocycles. The van der Waals surface area contributed by atoms with E-state index in [4.69, 9.17) is 34.8 Å². The van der Waals surface area contributed by atoms with Gasteiger partial charge in [-0.1, -0.05) is 65.1 Å². The Labute approximate surface area is 238 Å². The smallest absolute Gasteiger partial charge is 0.264 e. The summed E-state index contributed by atoms with van der Waals surface area (Å²) in [5.41, 5.74) is 0.876. The van der Waals surface area contributed by atoms with Crippen molar-refractivity contribution in [2.24, 2.45) is 0 Å². The van der Waals surface area contributed by atoms with Gasteiger partial charge in [-0.05, 0) is 68.8 Å². The van der Waals surface area contributed by atoms with Gasteiger partial charge in [0.25, 0.3) is 10.0 Å². The van der Waals surface area contributed by atoms with Crippen LogP contribution in [0.3, 0.4) is 0 Å². The zero-order valence-electron chi connectivity index (χ0n) is 21.1. The van der Waals surface area contributed by atoms with Crippen molar-refractivity contribution in [3.05, 3.63) is 93.4 Å². The molecule has 0 spiro atoms. The number of halogens is 3. The molecule has 3 rings (SSSR count). The largest absolute Gasteiger partial charge is 0.352 e. The molecule has 0 aliphatic rings. The van der Waals surface area contributed by atoms with Crippen LogP contribution in [0.1, 0.15) is 26.3 Å². The van der Waals surface area contributed by atoms with Gasteiger partial charge in [0.15, 0.2) is 0 Å². The first-order chi connectivity index (χ1) is 17.9. The summed E-state index contributed by atoms with van der Waals surface area (Å²) in [6.07, 6.45) is 0. The monoisotopic (exact) mass is 595 g/mol. The van der Waals surface area contributed by atoms with Gasteiger partial charge in [-0.3, -0.25) is 13.9 Å².